The van der Waals surface area contributed by atoms with Gasteiger partial charge in [-0.15, -0.1) is 0 Å². The molecule has 2 atom stereocenters. The second-order valence-electron chi connectivity index (χ2n) is 5.81. The summed E-state index contributed by atoms with van der Waals surface area (Å²) >= 11 is 7.56. The Morgan fingerprint density at radius 1 is 1.26 bits per heavy atom. The highest BCUT2D eigenvalue weighted by atomic mass is 35.5. The first-order valence-electron chi connectivity index (χ1n) is 7.50. The molecule has 0 spiro atoms. The van der Waals surface area contributed by atoms with Gasteiger partial charge in [0.25, 0.3) is 5.91 Å². The summed E-state index contributed by atoms with van der Waals surface area (Å²) in [7, 11) is 0. The van der Waals surface area contributed by atoms with Crippen LogP contribution in [0.4, 0.5) is 0 Å². The Morgan fingerprint density at radius 2 is 2.04 bits per heavy atom. The molecule has 1 saturated heterocycles. The first-order valence-corrected chi connectivity index (χ1v) is 9.10. The molecule has 2 aliphatic heterocycles. The molecule has 23 heavy (non-hydrogen) atoms. The fourth-order valence-electron chi connectivity index (χ4n) is 3.54. The highest BCUT2D eigenvalue weighted by molar-refractivity contribution is 7.98. The van der Waals surface area contributed by atoms with Gasteiger partial charge >= 0.3 is 0 Å². The largest absolute Gasteiger partial charge is 0.328 e. The molecule has 7 heteroatoms. The minimum Gasteiger partial charge on any atom is -0.328 e. The van der Waals surface area contributed by atoms with Crippen LogP contribution in [-0.4, -0.2) is 38.1 Å². The summed E-state index contributed by atoms with van der Waals surface area (Å²) in [5.41, 5.74) is 2.69. The van der Waals surface area contributed by atoms with Crippen LogP contribution in [-0.2, 0) is 6.42 Å². The van der Waals surface area contributed by atoms with Crippen molar-refractivity contribution in [3.8, 4) is 0 Å². The molecule has 0 aliphatic carbocycles. The van der Waals surface area contributed by atoms with Crippen LogP contribution in [0.15, 0.2) is 29.8 Å². The van der Waals surface area contributed by atoms with Gasteiger partial charge in [-0.25, -0.2) is 9.97 Å². The third kappa shape index (κ3) is 2.50. The van der Waals surface area contributed by atoms with Crippen molar-refractivity contribution in [2.75, 3.05) is 6.26 Å². The zero-order chi connectivity index (χ0) is 16.0. The molecule has 4 heterocycles. The van der Waals surface area contributed by atoms with E-state index in [4.69, 9.17) is 11.6 Å². The number of hydrogen-bond acceptors (Lipinski definition) is 5. The van der Waals surface area contributed by atoms with E-state index < -0.39 is 0 Å². The molecule has 4 rings (SSSR count). The van der Waals surface area contributed by atoms with Crippen molar-refractivity contribution in [1.82, 2.24) is 19.9 Å². The van der Waals surface area contributed by atoms with E-state index in [1.165, 1.54) is 11.8 Å². The normalized spacial score (nSPS) is 22.1. The first kappa shape index (κ1) is 14.9. The Balaban J connectivity index is 1.68. The lowest BCUT2D eigenvalue weighted by Gasteiger charge is -2.35. The van der Waals surface area contributed by atoms with Gasteiger partial charge in [0.05, 0.1) is 16.6 Å². The van der Waals surface area contributed by atoms with E-state index in [1.807, 2.05) is 17.2 Å². The molecule has 0 N–H and O–H groups in total. The monoisotopic (exact) mass is 346 g/mol. The maximum Gasteiger partial charge on any atom is 0.257 e. The van der Waals surface area contributed by atoms with Crippen LogP contribution in [0.3, 0.4) is 0 Å². The second kappa shape index (κ2) is 5.76. The summed E-state index contributed by atoms with van der Waals surface area (Å²) in [5, 5.41) is 1.29. The summed E-state index contributed by atoms with van der Waals surface area (Å²) in [6, 6.07) is 2.21. The van der Waals surface area contributed by atoms with E-state index in [1.54, 1.807) is 18.6 Å². The van der Waals surface area contributed by atoms with Crippen molar-refractivity contribution in [1.29, 1.82) is 0 Å². The van der Waals surface area contributed by atoms with Gasteiger partial charge in [-0.3, -0.25) is 9.78 Å². The smallest absolute Gasteiger partial charge is 0.257 e. The molecule has 2 bridgehead atoms. The molecule has 0 saturated carbocycles. The minimum atomic E-state index is -0.00391. The van der Waals surface area contributed by atoms with Gasteiger partial charge in [0.2, 0.25) is 0 Å². The molecule has 5 nitrogen and oxygen atoms in total. The molecule has 2 aromatic heterocycles. The number of aromatic nitrogens is 3. The number of carbonyl (C=O) groups is 1. The van der Waals surface area contributed by atoms with E-state index in [2.05, 4.69) is 15.0 Å². The van der Waals surface area contributed by atoms with Crippen molar-refractivity contribution >= 4 is 29.3 Å². The molecule has 1 fully saturated rings. The SMILES string of the molecule is CSc1ncc(C(=O)N2C3CCC2c2cc(Cl)cnc2C3)cn1. The van der Waals surface area contributed by atoms with Crippen LogP contribution in [0.2, 0.25) is 5.02 Å². The molecule has 0 radical (unpaired) electrons. The number of halogens is 1. The lowest BCUT2D eigenvalue weighted by molar-refractivity contribution is 0.0643. The predicted octanol–water partition coefficient (Wildman–Crippen LogP) is 3.15. The number of pyridine rings is 1. The molecule has 118 valence electrons. The minimum absolute atomic E-state index is 0.00391. The Morgan fingerprint density at radius 3 is 2.78 bits per heavy atom. The number of nitrogens with zero attached hydrogens (tertiary/aromatic N) is 4. The predicted molar refractivity (Wildman–Crippen MR) is 88.7 cm³/mol. The van der Waals surface area contributed by atoms with Gasteiger partial charge in [0.15, 0.2) is 5.16 Å². The summed E-state index contributed by atoms with van der Waals surface area (Å²) < 4.78 is 0. The van der Waals surface area contributed by atoms with Crippen LogP contribution in [0.1, 0.15) is 40.5 Å². The first-order chi connectivity index (χ1) is 11.2. The Hall–Kier alpha value is -1.66. The van der Waals surface area contributed by atoms with Gasteiger partial charge in [0, 0.05) is 36.7 Å². The summed E-state index contributed by atoms with van der Waals surface area (Å²) in [4.78, 5) is 27.8. The molecule has 2 aliphatic rings. The highest BCUT2D eigenvalue weighted by Gasteiger charge is 2.43. The molecule has 2 aromatic rings. The van der Waals surface area contributed by atoms with Gasteiger partial charge in [0.1, 0.15) is 0 Å². The maximum absolute atomic E-state index is 12.9. The average Bonchev–Trinajstić information content (AvgIpc) is 2.90. The van der Waals surface area contributed by atoms with Crippen LogP contribution in [0, 0.1) is 0 Å². The number of rotatable bonds is 2. The van der Waals surface area contributed by atoms with E-state index in [9.17, 15) is 4.79 Å². The van der Waals surface area contributed by atoms with Crippen molar-refractivity contribution in [2.45, 2.75) is 36.5 Å². The highest BCUT2D eigenvalue weighted by Crippen LogP contribution is 2.44. The Labute approximate surface area is 143 Å². The zero-order valence-corrected chi connectivity index (χ0v) is 14.1. The zero-order valence-electron chi connectivity index (χ0n) is 12.6. The number of thioether (sulfide) groups is 1. The lowest BCUT2D eigenvalue weighted by atomic mass is 9.97. The number of carbonyl (C=O) groups excluding carboxylic acids is 1. The third-order valence-electron chi connectivity index (χ3n) is 4.55. The number of hydrogen-bond donors (Lipinski definition) is 0. The van der Waals surface area contributed by atoms with Crippen LogP contribution < -0.4 is 0 Å². The standard InChI is InChI=1S/C16H15ClN4OS/c1-23-16-19-6-9(7-20-16)15(22)21-11-2-3-14(21)12-4-10(17)8-18-13(12)5-11/h4,6-8,11,14H,2-3,5H2,1H3. The Kier molecular flexibility index (Phi) is 3.73. The molecule has 1 amide bonds. The topological polar surface area (TPSA) is 59.0 Å². The van der Waals surface area contributed by atoms with Gasteiger partial charge in [-0.2, -0.15) is 0 Å². The fraction of sp³-hybridized carbons (Fsp3) is 0.375. The molecular formula is C16H15ClN4OS. The maximum atomic E-state index is 12.9. The second-order valence-corrected chi connectivity index (χ2v) is 7.02. The quantitative estimate of drug-likeness (QED) is 0.617. The summed E-state index contributed by atoms with van der Waals surface area (Å²) in [6.45, 7) is 0. The summed E-state index contributed by atoms with van der Waals surface area (Å²) in [6.07, 6.45) is 9.57. The molecule has 0 aromatic carbocycles. The van der Waals surface area contributed by atoms with Crippen LogP contribution in [0.5, 0.6) is 0 Å². The van der Waals surface area contributed by atoms with Crippen LogP contribution >= 0.6 is 23.4 Å². The fourth-order valence-corrected chi connectivity index (χ4v) is 4.03. The molecular weight excluding hydrogens is 332 g/mol. The van der Waals surface area contributed by atoms with E-state index in [-0.39, 0.29) is 18.0 Å². The van der Waals surface area contributed by atoms with Crippen molar-refractivity contribution in [3.63, 3.8) is 0 Å². The third-order valence-corrected chi connectivity index (χ3v) is 5.34. The lowest BCUT2D eigenvalue weighted by Crippen LogP contribution is -2.42. The van der Waals surface area contributed by atoms with Crippen molar-refractivity contribution in [3.05, 3.63) is 46.5 Å². The average molecular weight is 347 g/mol. The van der Waals surface area contributed by atoms with E-state index in [0.717, 1.165) is 30.5 Å². The van der Waals surface area contributed by atoms with Gasteiger partial charge in [-0.1, -0.05) is 23.4 Å². The number of amides is 1. The number of fused-ring (bicyclic) bond motifs is 4. The molecule has 2 unspecified atom stereocenters. The van der Waals surface area contributed by atoms with Crippen molar-refractivity contribution in [2.24, 2.45) is 0 Å². The van der Waals surface area contributed by atoms with Crippen LogP contribution in [0.25, 0.3) is 0 Å². The van der Waals surface area contributed by atoms with E-state index in [0.29, 0.717) is 15.7 Å². The van der Waals surface area contributed by atoms with E-state index >= 15 is 0 Å². The Bertz CT molecular complexity index is 767. The van der Waals surface area contributed by atoms with Gasteiger partial charge < -0.3 is 4.90 Å². The van der Waals surface area contributed by atoms with Crippen molar-refractivity contribution < 1.29 is 4.79 Å². The van der Waals surface area contributed by atoms with Gasteiger partial charge in [-0.05, 0) is 30.7 Å². The summed E-state index contributed by atoms with van der Waals surface area (Å²) in [5.74, 6) is -0.00391.